The number of carbonyl (C=O) groups is 1. The number of hydrogen-bond donors (Lipinski definition) is 1. The Morgan fingerprint density at radius 1 is 1.04 bits per heavy atom. The molecule has 132 valence electrons. The molecule has 0 saturated carbocycles. The topological polar surface area (TPSA) is 66.5 Å². The molecular formula is C19H22N2O3S. The standard InChI is InChI=1S/C19H22N2O3S/c1-14(2)15-8-10-16(11-9-15)18-19(22)20-12-13-21(18)25(23,24)17-6-4-3-5-7-17/h3-11,14,18H,12-13H2,1-2H3,(H,20,22). The first kappa shape index (κ1) is 17.6. The lowest BCUT2D eigenvalue weighted by Crippen LogP contribution is -2.52. The molecular weight excluding hydrogens is 336 g/mol. The van der Waals surface area contributed by atoms with Crippen LogP contribution in [0.1, 0.15) is 36.9 Å². The van der Waals surface area contributed by atoms with Crippen LogP contribution < -0.4 is 5.32 Å². The molecule has 1 saturated heterocycles. The zero-order valence-electron chi connectivity index (χ0n) is 14.3. The number of sulfonamides is 1. The van der Waals surface area contributed by atoms with Crippen LogP contribution in [0.25, 0.3) is 0 Å². The summed E-state index contributed by atoms with van der Waals surface area (Å²) in [5, 5.41) is 2.78. The average Bonchev–Trinajstić information content (AvgIpc) is 2.62. The molecule has 0 aliphatic carbocycles. The quantitative estimate of drug-likeness (QED) is 0.914. The van der Waals surface area contributed by atoms with Gasteiger partial charge in [-0.1, -0.05) is 56.3 Å². The summed E-state index contributed by atoms with van der Waals surface area (Å²) < 4.78 is 27.4. The maximum absolute atomic E-state index is 13.0. The van der Waals surface area contributed by atoms with Crippen LogP contribution in [-0.4, -0.2) is 31.7 Å². The summed E-state index contributed by atoms with van der Waals surface area (Å²) in [7, 11) is -3.75. The van der Waals surface area contributed by atoms with Crippen molar-refractivity contribution >= 4 is 15.9 Å². The van der Waals surface area contributed by atoms with Crippen LogP contribution in [0, 0.1) is 0 Å². The summed E-state index contributed by atoms with van der Waals surface area (Å²) in [6.07, 6.45) is 0. The van der Waals surface area contributed by atoms with Gasteiger partial charge in [-0.2, -0.15) is 4.31 Å². The van der Waals surface area contributed by atoms with Gasteiger partial charge < -0.3 is 5.32 Å². The van der Waals surface area contributed by atoms with Crippen molar-refractivity contribution in [3.63, 3.8) is 0 Å². The number of rotatable bonds is 4. The van der Waals surface area contributed by atoms with Gasteiger partial charge >= 0.3 is 0 Å². The molecule has 0 bridgehead atoms. The van der Waals surface area contributed by atoms with Crippen LogP contribution >= 0.6 is 0 Å². The zero-order valence-corrected chi connectivity index (χ0v) is 15.2. The van der Waals surface area contributed by atoms with Crippen molar-refractivity contribution in [2.75, 3.05) is 13.1 Å². The van der Waals surface area contributed by atoms with Crippen LogP contribution in [0.5, 0.6) is 0 Å². The highest BCUT2D eigenvalue weighted by Gasteiger charge is 2.39. The SMILES string of the molecule is CC(C)c1ccc(C2C(=O)NCCN2S(=O)(=O)c2ccccc2)cc1. The fourth-order valence-electron chi connectivity index (χ4n) is 3.01. The normalized spacial score (nSPS) is 19.0. The molecule has 1 aliphatic rings. The van der Waals surface area contributed by atoms with Gasteiger partial charge in [0.05, 0.1) is 4.90 Å². The second kappa shape index (κ2) is 6.98. The number of piperazine rings is 1. The third-order valence-corrected chi connectivity index (χ3v) is 6.32. The van der Waals surface area contributed by atoms with E-state index in [0.717, 1.165) is 5.56 Å². The van der Waals surface area contributed by atoms with E-state index in [1.54, 1.807) is 30.3 Å². The van der Waals surface area contributed by atoms with E-state index in [9.17, 15) is 13.2 Å². The van der Waals surface area contributed by atoms with Crippen LogP contribution in [0.15, 0.2) is 59.5 Å². The van der Waals surface area contributed by atoms with Crippen molar-refractivity contribution in [3.05, 3.63) is 65.7 Å². The number of nitrogens with one attached hydrogen (secondary N) is 1. The molecule has 25 heavy (non-hydrogen) atoms. The lowest BCUT2D eigenvalue weighted by molar-refractivity contribution is -0.126. The maximum atomic E-state index is 13.0. The van der Waals surface area contributed by atoms with E-state index in [4.69, 9.17) is 0 Å². The van der Waals surface area contributed by atoms with Gasteiger partial charge in [0.2, 0.25) is 15.9 Å². The first-order valence-electron chi connectivity index (χ1n) is 8.35. The van der Waals surface area contributed by atoms with Crippen molar-refractivity contribution in [1.82, 2.24) is 9.62 Å². The van der Waals surface area contributed by atoms with E-state index in [-0.39, 0.29) is 17.3 Å². The maximum Gasteiger partial charge on any atom is 0.244 e. The van der Waals surface area contributed by atoms with Gasteiger partial charge in [0.1, 0.15) is 6.04 Å². The fourth-order valence-corrected chi connectivity index (χ4v) is 4.61. The molecule has 1 N–H and O–H groups in total. The highest BCUT2D eigenvalue weighted by Crippen LogP contribution is 2.30. The Kier molecular flexibility index (Phi) is 4.92. The Labute approximate surface area is 148 Å². The van der Waals surface area contributed by atoms with E-state index < -0.39 is 16.1 Å². The Bertz CT molecular complexity index is 846. The van der Waals surface area contributed by atoms with Gasteiger partial charge in [-0.3, -0.25) is 4.79 Å². The van der Waals surface area contributed by atoms with Gasteiger partial charge in [-0.15, -0.1) is 0 Å². The van der Waals surface area contributed by atoms with Crippen LogP contribution in [0.2, 0.25) is 0 Å². The van der Waals surface area contributed by atoms with Crippen molar-refractivity contribution in [2.45, 2.75) is 30.7 Å². The van der Waals surface area contributed by atoms with Gasteiger partial charge in [0.15, 0.2) is 0 Å². The molecule has 0 aromatic heterocycles. The molecule has 1 unspecified atom stereocenters. The molecule has 2 aromatic rings. The van der Waals surface area contributed by atoms with E-state index in [0.29, 0.717) is 18.0 Å². The first-order valence-corrected chi connectivity index (χ1v) is 9.79. The summed E-state index contributed by atoms with van der Waals surface area (Å²) in [4.78, 5) is 12.7. The largest absolute Gasteiger partial charge is 0.353 e. The van der Waals surface area contributed by atoms with Gasteiger partial charge in [0, 0.05) is 13.1 Å². The fraction of sp³-hybridized carbons (Fsp3) is 0.316. The summed E-state index contributed by atoms with van der Waals surface area (Å²) in [6, 6.07) is 15.0. The van der Waals surface area contributed by atoms with E-state index in [2.05, 4.69) is 19.2 Å². The number of carbonyl (C=O) groups excluding carboxylic acids is 1. The van der Waals surface area contributed by atoms with Crippen LogP contribution in [-0.2, 0) is 14.8 Å². The third-order valence-electron chi connectivity index (χ3n) is 4.44. The minimum atomic E-state index is -3.75. The van der Waals surface area contributed by atoms with Crippen molar-refractivity contribution in [3.8, 4) is 0 Å². The van der Waals surface area contributed by atoms with Crippen molar-refractivity contribution in [2.24, 2.45) is 0 Å². The van der Waals surface area contributed by atoms with Crippen molar-refractivity contribution < 1.29 is 13.2 Å². The lowest BCUT2D eigenvalue weighted by atomic mass is 9.98. The molecule has 1 aliphatic heterocycles. The average molecular weight is 358 g/mol. The molecule has 1 fully saturated rings. The van der Waals surface area contributed by atoms with Gasteiger partial charge in [0.25, 0.3) is 0 Å². The highest BCUT2D eigenvalue weighted by molar-refractivity contribution is 7.89. The van der Waals surface area contributed by atoms with E-state index in [1.165, 1.54) is 4.31 Å². The summed E-state index contributed by atoms with van der Waals surface area (Å²) in [6.45, 7) is 4.74. The second-order valence-corrected chi connectivity index (χ2v) is 8.33. The number of amides is 1. The Morgan fingerprint density at radius 2 is 1.68 bits per heavy atom. The Hall–Kier alpha value is -2.18. The van der Waals surface area contributed by atoms with Gasteiger partial charge in [-0.05, 0) is 29.2 Å². The Balaban J connectivity index is 2.01. The molecule has 0 spiro atoms. The number of nitrogens with zero attached hydrogens (tertiary/aromatic N) is 1. The first-order chi connectivity index (χ1) is 11.9. The second-order valence-electron chi connectivity index (χ2n) is 6.44. The monoisotopic (exact) mass is 358 g/mol. The van der Waals surface area contributed by atoms with Gasteiger partial charge in [-0.25, -0.2) is 8.42 Å². The molecule has 5 nitrogen and oxygen atoms in total. The molecule has 2 aromatic carbocycles. The molecule has 3 rings (SSSR count). The van der Waals surface area contributed by atoms with E-state index in [1.807, 2.05) is 24.3 Å². The zero-order chi connectivity index (χ0) is 18.0. The number of hydrogen-bond acceptors (Lipinski definition) is 3. The van der Waals surface area contributed by atoms with Crippen LogP contribution in [0.4, 0.5) is 0 Å². The van der Waals surface area contributed by atoms with Crippen molar-refractivity contribution in [1.29, 1.82) is 0 Å². The number of benzene rings is 2. The highest BCUT2D eigenvalue weighted by atomic mass is 32.2. The third kappa shape index (κ3) is 3.45. The molecule has 1 atom stereocenters. The smallest absolute Gasteiger partial charge is 0.244 e. The molecule has 6 heteroatoms. The minimum Gasteiger partial charge on any atom is -0.353 e. The van der Waals surface area contributed by atoms with Crippen LogP contribution in [0.3, 0.4) is 0 Å². The predicted molar refractivity (Wildman–Crippen MR) is 96.6 cm³/mol. The molecule has 1 amide bonds. The minimum absolute atomic E-state index is 0.202. The van der Waals surface area contributed by atoms with E-state index >= 15 is 0 Å². The molecule has 1 heterocycles. The predicted octanol–water partition coefficient (Wildman–Crippen LogP) is 2.67. The summed E-state index contributed by atoms with van der Waals surface area (Å²) in [5.41, 5.74) is 1.83. The summed E-state index contributed by atoms with van der Waals surface area (Å²) >= 11 is 0. The lowest BCUT2D eigenvalue weighted by Gasteiger charge is -2.34. The summed E-state index contributed by atoms with van der Waals surface area (Å²) in [5.74, 6) is 0.0847. The molecule has 0 radical (unpaired) electrons. The Morgan fingerprint density at radius 3 is 2.28 bits per heavy atom.